The van der Waals surface area contributed by atoms with Crippen LogP contribution in [0.4, 0.5) is 5.69 Å². The lowest BCUT2D eigenvalue weighted by Crippen LogP contribution is -2.12. The largest absolute Gasteiger partial charge is 0.495 e. The molecule has 0 aliphatic rings. The summed E-state index contributed by atoms with van der Waals surface area (Å²) >= 11 is 12.0. The SMILES string of the molecule is COc1ccccc1NC(=O)c1ccc(COc2ccc(Cl)cc2Cl)cc1. The topological polar surface area (TPSA) is 47.6 Å². The minimum atomic E-state index is -0.215. The van der Waals surface area contributed by atoms with Crippen LogP contribution >= 0.6 is 23.2 Å². The number of ether oxygens (including phenoxy) is 2. The second kappa shape index (κ2) is 8.80. The molecule has 138 valence electrons. The smallest absolute Gasteiger partial charge is 0.255 e. The number of halogens is 2. The van der Waals surface area contributed by atoms with Gasteiger partial charge in [-0.05, 0) is 48.0 Å². The zero-order chi connectivity index (χ0) is 19.2. The van der Waals surface area contributed by atoms with Crippen molar-refractivity contribution in [2.45, 2.75) is 6.61 Å². The fourth-order valence-electron chi connectivity index (χ4n) is 2.45. The minimum Gasteiger partial charge on any atom is -0.495 e. The first-order valence-electron chi connectivity index (χ1n) is 8.18. The second-order valence-electron chi connectivity index (χ2n) is 5.71. The molecular formula is C21H17Cl2NO3. The van der Waals surface area contributed by atoms with Crippen molar-refractivity contribution >= 4 is 34.8 Å². The number of rotatable bonds is 6. The second-order valence-corrected chi connectivity index (χ2v) is 6.56. The molecule has 0 heterocycles. The van der Waals surface area contributed by atoms with Gasteiger partial charge in [0.05, 0.1) is 17.8 Å². The van der Waals surface area contributed by atoms with Crippen molar-refractivity contribution in [1.82, 2.24) is 0 Å². The summed E-state index contributed by atoms with van der Waals surface area (Å²) in [7, 11) is 1.56. The fraction of sp³-hybridized carbons (Fsp3) is 0.0952. The molecule has 0 unspecified atom stereocenters. The molecule has 0 saturated heterocycles. The summed E-state index contributed by atoms with van der Waals surface area (Å²) in [4.78, 5) is 12.4. The Labute approximate surface area is 167 Å². The molecule has 0 aliphatic heterocycles. The van der Waals surface area contributed by atoms with E-state index >= 15 is 0 Å². The van der Waals surface area contributed by atoms with Gasteiger partial charge in [0.2, 0.25) is 0 Å². The van der Waals surface area contributed by atoms with Crippen LogP contribution in [-0.4, -0.2) is 13.0 Å². The van der Waals surface area contributed by atoms with Crippen LogP contribution in [0, 0.1) is 0 Å². The standard InChI is InChI=1S/C21H17Cl2NO3/c1-26-20-5-3-2-4-18(20)24-21(25)15-8-6-14(7-9-15)13-27-19-11-10-16(22)12-17(19)23/h2-12H,13H2,1H3,(H,24,25). The normalized spacial score (nSPS) is 10.3. The number of nitrogens with one attached hydrogen (secondary N) is 1. The van der Waals surface area contributed by atoms with Crippen molar-refractivity contribution in [1.29, 1.82) is 0 Å². The van der Waals surface area contributed by atoms with Crippen molar-refractivity contribution < 1.29 is 14.3 Å². The van der Waals surface area contributed by atoms with E-state index in [-0.39, 0.29) is 5.91 Å². The molecule has 0 saturated carbocycles. The molecule has 4 nitrogen and oxygen atoms in total. The average molecular weight is 402 g/mol. The monoisotopic (exact) mass is 401 g/mol. The molecule has 0 radical (unpaired) electrons. The fourth-order valence-corrected chi connectivity index (χ4v) is 2.91. The number of methoxy groups -OCH3 is 1. The highest BCUT2D eigenvalue weighted by Crippen LogP contribution is 2.28. The van der Waals surface area contributed by atoms with Gasteiger partial charge in [-0.1, -0.05) is 47.5 Å². The van der Waals surface area contributed by atoms with Gasteiger partial charge in [-0.3, -0.25) is 4.79 Å². The van der Waals surface area contributed by atoms with E-state index in [1.807, 2.05) is 24.3 Å². The number of hydrogen-bond acceptors (Lipinski definition) is 3. The summed E-state index contributed by atoms with van der Waals surface area (Å²) in [5.74, 6) is 0.947. The maximum atomic E-state index is 12.4. The third-order valence-corrected chi connectivity index (χ3v) is 4.39. The maximum Gasteiger partial charge on any atom is 0.255 e. The predicted molar refractivity (Wildman–Crippen MR) is 108 cm³/mol. The highest BCUT2D eigenvalue weighted by Gasteiger charge is 2.10. The molecule has 1 amide bonds. The van der Waals surface area contributed by atoms with Gasteiger partial charge in [-0.15, -0.1) is 0 Å². The third-order valence-electron chi connectivity index (χ3n) is 3.86. The summed E-state index contributed by atoms with van der Waals surface area (Å²) in [6.07, 6.45) is 0. The molecule has 27 heavy (non-hydrogen) atoms. The molecule has 3 aromatic carbocycles. The first-order valence-corrected chi connectivity index (χ1v) is 8.93. The number of anilines is 1. The Morgan fingerprint density at radius 1 is 0.963 bits per heavy atom. The Balaban J connectivity index is 1.63. The number of amides is 1. The molecule has 0 fully saturated rings. The molecule has 1 N–H and O–H groups in total. The quantitative estimate of drug-likeness (QED) is 0.564. The first kappa shape index (κ1) is 19.1. The van der Waals surface area contributed by atoms with Crippen LogP contribution in [0.5, 0.6) is 11.5 Å². The molecule has 6 heteroatoms. The van der Waals surface area contributed by atoms with Crippen LogP contribution in [0.15, 0.2) is 66.7 Å². The van der Waals surface area contributed by atoms with Crippen molar-refractivity contribution in [3.8, 4) is 11.5 Å². The van der Waals surface area contributed by atoms with Crippen LogP contribution in [0.1, 0.15) is 15.9 Å². The Hall–Kier alpha value is -2.69. The average Bonchev–Trinajstić information content (AvgIpc) is 2.68. The Bertz CT molecular complexity index is 942. The van der Waals surface area contributed by atoms with Gasteiger partial charge in [-0.25, -0.2) is 0 Å². The van der Waals surface area contributed by atoms with Gasteiger partial charge in [0.25, 0.3) is 5.91 Å². The Morgan fingerprint density at radius 3 is 2.41 bits per heavy atom. The molecule has 0 spiro atoms. The molecule has 0 bridgehead atoms. The zero-order valence-electron chi connectivity index (χ0n) is 14.5. The first-order chi connectivity index (χ1) is 13.1. The van der Waals surface area contributed by atoms with Crippen molar-refractivity contribution in [3.63, 3.8) is 0 Å². The molecule has 3 rings (SSSR count). The van der Waals surface area contributed by atoms with Crippen LogP contribution in [-0.2, 0) is 6.61 Å². The van der Waals surface area contributed by atoms with Gasteiger partial charge in [0.1, 0.15) is 18.1 Å². The highest BCUT2D eigenvalue weighted by atomic mass is 35.5. The van der Waals surface area contributed by atoms with E-state index in [0.717, 1.165) is 5.56 Å². The van der Waals surface area contributed by atoms with Crippen LogP contribution < -0.4 is 14.8 Å². The van der Waals surface area contributed by atoms with E-state index in [1.165, 1.54) is 0 Å². The van der Waals surface area contributed by atoms with Gasteiger partial charge in [0.15, 0.2) is 0 Å². The Kier molecular flexibility index (Phi) is 6.22. The van der Waals surface area contributed by atoms with Crippen LogP contribution in [0.25, 0.3) is 0 Å². The van der Waals surface area contributed by atoms with Crippen LogP contribution in [0.3, 0.4) is 0 Å². The lowest BCUT2D eigenvalue weighted by molar-refractivity contribution is 0.102. The van der Waals surface area contributed by atoms with E-state index in [2.05, 4.69) is 5.32 Å². The number of hydrogen-bond donors (Lipinski definition) is 1. The van der Waals surface area contributed by atoms with E-state index in [4.69, 9.17) is 32.7 Å². The number of benzene rings is 3. The van der Waals surface area contributed by atoms with Crippen molar-refractivity contribution in [3.05, 3.63) is 87.9 Å². The number of para-hydroxylation sites is 2. The Morgan fingerprint density at radius 2 is 1.70 bits per heavy atom. The molecule has 0 aromatic heterocycles. The van der Waals surface area contributed by atoms with Crippen molar-refractivity contribution in [2.75, 3.05) is 12.4 Å². The molecule has 3 aromatic rings. The van der Waals surface area contributed by atoms with Gasteiger partial charge < -0.3 is 14.8 Å². The predicted octanol–water partition coefficient (Wildman–Crippen LogP) is 5.83. The molecule has 0 atom stereocenters. The third kappa shape index (κ3) is 4.94. The van der Waals surface area contributed by atoms with E-state index in [9.17, 15) is 4.79 Å². The molecule has 0 aliphatic carbocycles. The summed E-state index contributed by atoms with van der Waals surface area (Å²) in [5, 5.41) is 3.85. The van der Waals surface area contributed by atoms with Crippen molar-refractivity contribution in [2.24, 2.45) is 0 Å². The summed E-state index contributed by atoms with van der Waals surface area (Å²) < 4.78 is 10.9. The summed E-state index contributed by atoms with van der Waals surface area (Å²) in [6, 6.07) is 19.5. The number of carbonyl (C=O) groups excluding carboxylic acids is 1. The molecular weight excluding hydrogens is 385 g/mol. The lowest BCUT2D eigenvalue weighted by atomic mass is 10.1. The zero-order valence-corrected chi connectivity index (χ0v) is 16.1. The van der Waals surface area contributed by atoms with E-state index in [0.29, 0.717) is 39.4 Å². The van der Waals surface area contributed by atoms with Gasteiger partial charge in [-0.2, -0.15) is 0 Å². The summed E-state index contributed by atoms with van der Waals surface area (Å²) in [6.45, 7) is 0.329. The van der Waals surface area contributed by atoms with Crippen LogP contribution in [0.2, 0.25) is 10.0 Å². The van der Waals surface area contributed by atoms with Gasteiger partial charge in [0, 0.05) is 10.6 Å². The lowest BCUT2D eigenvalue weighted by Gasteiger charge is -2.11. The van der Waals surface area contributed by atoms with Gasteiger partial charge >= 0.3 is 0 Å². The van der Waals surface area contributed by atoms with E-state index in [1.54, 1.807) is 49.6 Å². The number of carbonyl (C=O) groups is 1. The highest BCUT2D eigenvalue weighted by molar-refractivity contribution is 6.35. The summed E-state index contributed by atoms with van der Waals surface area (Å²) in [5.41, 5.74) is 2.07. The minimum absolute atomic E-state index is 0.215. The van der Waals surface area contributed by atoms with E-state index < -0.39 is 0 Å². The maximum absolute atomic E-state index is 12.4.